The number of ether oxygens (including phenoxy) is 2. The van der Waals surface area contributed by atoms with E-state index in [4.69, 9.17) is 13.9 Å². The van der Waals surface area contributed by atoms with Crippen LogP contribution in [0, 0.1) is 5.92 Å². The first kappa shape index (κ1) is 30.2. The van der Waals surface area contributed by atoms with Crippen molar-refractivity contribution in [1.29, 1.82) is 0 Å². The van der Waals surface area contributed by atoms with Crippen LogP contribution in [0.4, 0.5) is 0 Å². The highest BCUT2D eigenvalue weighted by Crippen LogP contribution is 2.37. The average molecular weight is 561 g/mol. The summed E-state index contributed by atoms with van der Waals surface area (Å²) in [5.74, 6) is -1.50. The molecule has 0 aromatic heterocycles. The van der Waals surface area contributed by atoms with Crippen molar-refractivity contribution in [1.82, 2.24) is 0 Å². The molecule has 1 aliphatic heterocycles. The molecule has 0 spiro atoms. The molecule has 1 unspecified atom stereocenters. The summed E-state index contributed by atoms with van der Waals surface area (Å²) in [4.78, 5) is 12.5. The molecule has 40 heavy (non-hydrogen) atoms. The van der Waals surface area contributed by atoms with E-state index in [9.17, 15) is 9.90 Å². The number of hydrogen-bond donors (Lipinski definition) is 1. The monoisotopic (exact) mass is 560 g/mol. The predicted molar refractivity (Wildman–Crippen MR) is 162 cm³/mol. The van der Waals surface area contributed by atoms with E-state index in [1.165, 1.54) is 10.4 Å². The predicted octanol–water partition coefficient (Wildman–Crippen LogP) is 6.72. The Morgan fingerprint density at radius 1 is 0.900 bits per heavy atom. The van der Waals surface area contributed by atoms with Crippen molar-refractivity contribution in [2.45, 2.75) is 76.7 Å². The van der Waals surface area contributed by atoms with Gasteiger partial charge in [0.2, 0.25) is 0 Å². The minimum atomic E-state index is -2.61. The maximum atomic E-state index is 12.5. The number of unbranched alkanes of at least 4 members (excludes halogenated alkanes) is 1. The van der Waals surface area contributed by atoms with E-state index in [1.807, 2.05) is 42.5 Å². The largest absolute Gasteiger partial charge is 0.481 e. The maximum Gasteiger partial charge on any atom is 0.309 e. The number of rotatable bonds is 13. The molecule has 0 aliphatic carbocycles. The van der Waals surface area contributed by atoms with Gasteiger partial charge >= 0.3 is 5.97 Å². The van der Waals surface area contributed by atoms with Crippen LogP contribution in [0.2, 0.25) is 5.04 Å². The van der Waals surface area contributed by atoms with E-state index in [0.29, 0.717) is 19.6 Å². The molecular weight excluding hydrogens is 516 g/mol. The van der Waals surface area contributed by atoms with Crippen molar-refractivity contribution < 1.29 is 23.8 Å². The Bertz CT molecular complexity index is 1120. The van der Waals surface area contributed by atoms with Gasteiger partial charge in [-0.3, -0.25) is 4.79 Å². The van der Waals surface area contributed by atoms with Crippen LogP contribution in [-0.4, -0.2) is 38.9 Å². The van der Waals surface area contributed by atoms with Crippen molar-refractivity contribution in [3.63, 3.8) is 0 Å². The molecule has 5 nitrogen and oxygen atoms in total. The molecule has 0 saturated carbocycles. The summed E-state index contributed by atoms with van der Waals surface area (Å²) >= 11 is 0. The fraction of sp³-hybridized carbons (Fsp3) is 0.441. The number of aliphatic carboxylic acids is 1. The van der Waals surface area contributed by atoms with Crippen LogP contribution in [0.3, 0.4) is 0 Å². The first-order chi connectivity index (χ1) is 19.3. The Balaban J connectivity index is 1.48. The second-order valence-corrected chi connectivity index (χ2v) is 16.0. The maximum absolute atomic E-state index is 12.5. The molecule has 3 atom stereocenters. The van der Waals surface area contributed by atoms with Crippen molar-refractivity contribution in [3.8, 4) is 0 Å². The molecule has 0 bridgehead atoms. The van der Waals surface area contributed by atoms with Crippen molar-refractivity contribution >= 4 is 24.7 Å². The fourth-order valence-electron chi connectivity index (χ4n) is 5.89. The molecule has 3 aromatic carbocycles. The standard InChI is InChI=1S/C34H44O5Si/c1-34(2,3)40(28-19-9-5-10-20-28,29-21-11-6-12-22-29)38-26-16-13-23-30(33(35)36)32(27-17-7-4-8-18-27)39-31-24-14-15-25-37-31/h4-12,17-22,30-32H,13-16,23-26H2,1-3H3,(H,35,36)/t30-,31?,32+/m0/s1. The SMILES string of the molecule is CC(C)(C)[Si](OCCCC[C@H](C(=O)O)[C@H](OC1CCCCO1)c1ccccc1)(c1ccccc1)c1ccccc1. The van der Waals surface area contributed by atoms with Gasteiger partial charge in [-0.2, -0.15) is 0 Å². The van der Waals surface area contributed by atoms with Crippen LogP contribution in [0.5, 0.6) is 0 Å². The van der Waals surface area contributed by atoms with Gasteiger partial charge in [-0.1, -0.05) is 118 Å². The van der Waals surface area contributed by atoms with E-state index in [1.54, 1.807) is 0 Å². The molecule has 0 radical (unpaired) electrons. The van der Waals surface area contributed by atoms with Gasteiger partial charge < -0.3 is 19.0 Å². The summed E-state index contributed by atoms with van der Waals surface area (Å²) in [6.07, 6.45) is 3.93. The number of carbonyl (C=O) groups is 1. The Kier molecular flexibility index (Phi) is 10.7. The minimum Gasteiger partial charge on any atom is -0.481 e. The van der Waals surface area contributed by atoms with Gasteiger partial charge in [0, 0.05) is 13.2 Å². The quantitative estimate of drug-likeness (QED) is 0.186. The van der Waals surface area contributed by atoms with Crippen LogP contribution in [0.15, 0.2) is 91.0 Å². The lowest BCUT2D eigenvalue weighted by Crippen LogP contribution is -2.66. The van der Waals surface area contributed by atoms with Gasteiger partial charge in [0.25, 0.3) is 8.32 Å². The minimum absolute atomic E-state index is 0.0917. The molecule has 1 aliphatic rings. The first-order valence-corrected chi connectivity index (χ1v) is 16.5. The smallest absolute Gasteiger partial charge is 0.309 e. The molecule has 4 rings (SSSR count). The number of benzene rings is 3. The third-order valence-corrected chi connectivity index (χ3v) is 12.9. The third kappa shape index (κ3) is 7.29. The van der Waals surface area contributed by atoms with Gasteiger partial charge in [-0.25, -0.2) is 0 Å². The fourth-order valence-corrected chi connectivity index (χ4v) is 10.5. The van der Waals surface area contributed by atoms with E-state index in [2.05, 4.69) is 69.3 Å². The van der Waals surface area contributed by atoms with Crippen molar-refractivity contribution in [2.24, 2.45) is 5.92 Å². The second kappa shape index (κ2) is 14.2. The molecule has 1 N–H and O–H groups in total. The lowest BCUT2D eigenvalue weighted by atomic mass is 9.91. The van der Waals surface area contributed by atoms with Gasteiger partial charge in [-0.05, 0) is 53.1 Å². The zero-order chi connectivity index (χ0) is 28.4. The summed E-state index contributed by atoms with van der Waals surface area (Å²) in [5, 5.41) is 12.7. The number of carboxylic acids is 1. The van der Waals surface area contributed by atoms with Gasteiger partial charge in [0.15, 0.2) is 6.29 Å². The summed E-state index contributed by atoms with van der Waals surface area (Å²) in [6, 6.07) is 30.9. The second-order valence-electron chi connectivity index (χ2n) is 11.7. The van der Waals surface area contributed by atoms with Gasteiger partial charge in [-0.15, -0.1) is 0 Å². The molecule has 6 heteroatoms. The Hall–Kier alpha value is -2.77. The Labute approximate surface area is 240 Å². The molecule has 1 fully saturated rings. The molecule has 1 saturated heterocycles. The van der Waals surface area contributed by atoms with Crippen LogP contribution in [0.1, 0.15) is 71.0 Å². The van der Waals surface area contributed by atoms with Gasteiger partial charge in [0.1, 0.15) is 0 Å². The van der Waals surface area contributed by atoms with E-state index < -0.39 is 26.3 Å². The van der Waals surface area contributed by atoms with Gasteiger partial charge in [0.05, 0.1) is 12.0 Å². The summed E-state index contributed by atoms with van der Waals surface area (Å²) in [6.45, 7) is 8.05. The Morgan fingerprint density at radius 3 is 1.98 bits per heavy atom. The third-order valence-electron chi connectivity index (χ3n) is 7.89. The molecule has 214 valence electrons. The normalized spacial score (nSPS) is 17.7. The number of hydrogen-bond acceptors (Lipinski definition) is 4. The highest BCUT2D eigenvalue weighted by atomic mass is 28.4. The van der Waals surface area contributed by atoms with Crippen LogP contribution < -0.4 is 10.4 Å². The topological polar surface area (TPSA) is 65.0 Å². The zero-order valence-electron chi connectivity index (χ0n) is 24.1. The van der Waals surface area contributed by atoms with E-state index in [0.717, 1.165) is 37.7 Å². The molecule has 3 aromatic rings. The highest BCUT2D eigenvalue weighted by molar-refractivity contribution is 6.99. The lowest BCUT2D eigenvalue weighted by Gasteiger charge is -2.43. The molecular formula is C34H44O5Si. The van der Waals surface area contributed by atoms with Crippen LogP contribution >= 0.6 is 0 Å². The average Bonchev–Trinajstić information content (AvgIpc) is 2.97. The van der Waals surface area contributed by atoms with Crippen LogP contribution in [0.25, 0.3) is 0 Å². The molecule has 0 amide bonds. The lowest BCUT2D eigenvalue weighted by molar-refractivity contribution is -0.205. The van der Waals surface area contributed by atoms with E-state index in [-0.39, 0.29) is 11.3 Å². The van der Waals surface area contributed by atoms with Crippen molar-refractivity contribution in [3.05, 3.63) is 96.6 Å². The van der Waals surface area contributed by atoms with Crippen molar-refractivity contribution in [2.75, 3.05) is 13.2 Å². The van der Waals surface area contributed by atoms with Crippen LogP contribution in [-0.2, 0) is 18.7 Å². The molecule has 1 heterocycles. The summed E-state index contributed by atoms with van der Waals surface area (Å²) in [5.41, 5.74) is 0.882. The first-order valence-electron chi connectivity index (χ1n) is 14.6. The summed E-state index contributed by atoms with van der Waals surface area (Å²) < 4.78 is 19.2. The van der Waals surface area contributed by atoms with E-state index >= 15 is 0 Å². The Morgan fingerprint density at radius 2 is 1.48 bits per heavy atom. The highest BCUT2D eigenvalue weighted by Gasteiger charge is 2.50. The summed E-state index contributed by atoms with van der Waals surface area (Å²) in [7, 11) is -2.61. The number of carboxylic acid groups (broad SMARTS) is 1. The zero-order valence-corrected chi connectivity index (χ0v) is 25.1.